The molecular formula is C15H21N3O3S. The Balaban J connectivity index is 1.75. The molecule has 2 amide bonds. The first-order chi connectivity index (χ1) is 10.4. The van der Waals surface area contributed by atoms with Crippen LogP contribution >= 0.6 is 0 Å². The average Bonchev–Trinajstić information content (AvgIpc) is 2.90. The molecule has 0 aromatic heterocycles. The zero-order chi connectivity index (χ0) is 15.7. The summed E-state index contributed by atoms with van der Waals surface area (Å²) < 4.78 is 23.2. The van der Waals surface area contributed by atoms with Crippen LogP contribution in [0, 0.1) is 0 Å². The number of piperidine rings is 1. The number of urea groups is 1. The molecule has 1 fully saturated rings. The number of benzene rings is 1. The van der Waals surface area contributed by atoms with E-state index in [2.05, 4.69) is 10.6 Å². The normalized spacial score (nSPS) is 21.5. The molecule has 1 saturated heterocycles. The van der Waals surface area contributed by atoms with Gasteiger partial charge in [-0.3, -0.25) is 4.90 Å². The second-order valence-corrected chi connectivity index (χ2v) is 7.97. The van der Waals surface area contributed by atoms with Crippen molar-refractivity contribution in [3.05, 3.63) is 23.8 Å². The van der Waals surface area contributed by atoms with E-state index in [-0.39, 0.29) is 12.1 Å². The highest BCUT2D eigenvalue weighted by molar-refractivity contribution is 7.90. The van der Waals surface area contributed by atoms with Gasteiger partial charge in [0, 0.05) is 31.1 Å². The van der Waals surface area contributed by atoms with E-state index < -0.39 is 9.84 Å². The Bertz CT molecular complexity index is 681. The molecule has 2 aliphatic rings. The quantitative estimate of drug-likeness (QED) is 0.848. The van der Waals surface area contributed by atoms with Crippen LogP contribution in [0.15, 0.2) is 23.1 Å². The Morgan fingerprint density at radius 1 is 1.41 bits per heavy atom. The molecule has 6 nitrogen and oxygen atoms in total. The predicted octanol–water partition coefficient (Wildman–Crippen LogP) is 0.914. The summed E-state index contributed by atoms with van der Waals surface area (Å²) in [6, 6.07) is 5.06. The third-order valence-electron chi connectivity index (χ3n) is 4.24. The lowest BCUT2D eigenvalue weighted by atomic mass is 10.1. The van der Waals surface area contributed by atoms with E-state index in [9.17, 15) is 13.2 Å². The molecule has 1 aromatic carbocycles. The fraction of sp³-hybridized carbons (Fsp3) is 0.533. The highest BCUT2D eigenvalue weighted by Crippen LogP contribution is 2.30. The van der Waals surface area contributed by atoms with E-state index in [1.165, 1.54) is 6.26 Å². The number of nitrogens with zero attached hydrogens (tertiary/aromatic N) is 1. The topological polar surface area (TPSA) is 78.5 Å². The van der Waals surface area contributed by atoms with Gasteiger partial charge in [0.25, 0.3) is 0 Å². The van der Waals surface area contributed by atoms with Crippen LogP contribution < -0.4 is 15.5 Å². The molecule has 0 saturated carbocycles. The van der Waals surface area contributed by atoms with Crippen molar-refractivity contribution >= 4 is 21.6 Å². The fourth-order valence-electron chi connectivity index (χ4n) is 3.05. The van der Waals surface area contributed by atoms with Crippen molar-refractivity contribution in [2.24, 2.45) is 0 Å². The highest BCUT2D eigenvalue weighted by Gasteiger charge is 2.27. The standard InChI is InChI=1S/C15H21N3O3S/c1-22(20,21)13-4-5-14-11(9-13)6-8-18(14)15(19)17-12-3-2-7-16-10-12/h4-5,9,12,16H,2-3,6-8,10H2,1H3,(H,17,19). The van der Waals surface area contributed by atoms with Gasteiger partial charge in [-0.05, 0) is 49.6 Å². The van der Waals surface area contributed by atoms with Crippen LogP contribution in [0.25, 0.3) is 0 Å². The summed E-state index contributed by atoms with van der Waals surface area (Å²) in [5, 5.41) is 6.33. The number of hydrogen-bond donors (Lipinski definition) is 2. The van der Waals surface area contributed by atoms with Crippen molar-refractivity contribution in [2.75, 3.05) is 30.8 Å². The molecule has 0 spiro atoms. The summed E-state index contributed by atoms with van der Waals surface area (Å²) >= 11 is 0. The molecule has 0 radical (unpaired) electrons. The lowest BCUT2D eigenvalue weighted by molar-refractivity contribution is 0.240. The van der Waals surface area contributed by atoms with Crippen molar-refractivity contribution in [1.82, 2.24) is 10.6 Å². The first kappa shape index (κ1) is 15.3. The minimum absolute atomic E-state index is 0.0976. The Labute approximate surface area is 130 Å². The van der Waals surface area contributed by atoms with E-state index >= 15 is 0 Å². The van der Waals surface area contributed by atoms with Gasteiger partial charge < -0.3 is 10.6 Å². The van der Waals surface area contributed by atoms with Gasteiger partial charge in [-0.2, -0.15) is 0 Å². The zero-order valence-corrected chi connectivity index (χ0v) is 13.4. The van der Waals surface area contributed by atoms with Gasteiger partial charge in [0.05, 0.1) is 4.90 Å². The molecule has 1 aromatic rings. The molecular weight excluding hydrogens is 302 g/mol. The van der Waals surface area contributed by atoms with E-state index in [0.29, 0.717) is 17.9 Å². The van der Waals surface area contributed by atoms with Crippen LogP contribution in [0.3, 0.4) is 0 Å². The summed E-state index contributed by atoms with van der Waals surface area (Å²) in [5.74, 6) is 0. The lowest BCUT2D eigenvalue weighted by Gasteiger charge is -2.27. The number of amides is 2. The largest absolute Gasteiger partial charge is 0.334 e. The number of anilines is 1. The van der Waals surface area contributed by atoms with E-state index in [1.807, 2.05) is 0 Å². The summed E-state index contributed by atoms with van der Waals surface area (Å²) in [6.45, 7) is 2.40. The lowest BCUT2D eigenvalue weighted by Crippen LogP contribution is -2.50. The number of rotatable bonds is 2. The van der Waals surface area contributed by atoms with Crippen LogP contribution in [0.5, 0.6) is 0 Å². The molecule has 1 atom stereocenters. The smallest absolute Gasteiger partial charge is 0.322 e. The number of fused-ring (bicyclic) bond motifs is 1. The maximum atomic E-state index is 12.4. The number of carbonyl (C=O) groups excluding carboxylic acids is 1. The van der Waals surface area contributed by atoms with Gasteiger partial charge in [-0.1, -0.05) is 0 Å². The summed E-state index contributed by atoms with van der Waals surface area (Å²) in [6.07, 6.45) is 3.95. The molecule has 0 bridgehead atoms. The maximum Gasteiger partial charge on any atom is 0.322 e. The van der Waals surface area contributed by atoms with Crippen LogP contribution in [-0.2, 0) is 16.3 Å². The Kier molecular flexibility index (Phi) is 4.10. The van der Waals surface area contributed by atoms with Crippen LogP contribution in [-0.4, -0.2) is 46.4 Å². The Morgan fingerprint density at radius 3 is 2.91 bits per heavy atom. The molecule has 7 heteroatoms. The second-order valence-electron chi connectivity index (χ2n) is 5.96. The van der Waals surface area contributed by atoms with Crippen LogP contribution in [0.1, 0.15) is 18.4 Å². The van der Waals surface area contributed by atoms with Crippen molar-refractivity contribution in [1.29, 1.82) is 0 Å². The molecule has 1 unspecified atom stereocenters. The van der Waals surface area contributed by atoms with Crippen molar-refractivity contribution in [2.45, 2.75) is 30.2 Å². The van der Waals surface area contributed by atoms with Crippen molar-refractivity contribution in [3.63, 3.8) is 0 Å². The SMILES string of the molecule is CS(=O)(=O)c1ccc2c(c1)CCN2C(=O)NC1CCCNC1. The second kappa shape index (κ2) is 5.89. The minimum atomic E-state index is -3.21. The van der Waals surface area contributed by atoms with Crippen molar-refractivity contribution in [3.8, 4) is 0 Å². The molecule has 2 aliphatic heterocycles. The molecule has 0 aliphatic carbocycles. The van der Waals surface area contributed by atoms with Crippen LogP contribution in [0.4, 0.5) is 10.5 Å². The predicted molar refractivity (Wildman–Crippen MR) is 85.0 cm³/mol. The number of sulfone groups is 1. The van der Waals surface area contributed by atoms with Gasteiger partial charge in [-0.25, -0.2) is 13.2 Å². The molecule has 3 rings (SSSR count). The number of nitrogens with one attached hydrogen (secondary N) is 2. The van der Waals surface area contributed by atoms with E-state index in [4.69, 9.17) is 0 Å². The zero-order valence-electron chi connectivity index (χ0n) is 12.6. The average molecular weight is 323 g/mol. The van der Waals surface area contributed by atoms with E-state index in [0.717, 1.165) is 37.2 Å². The number of carbonyl (C=O) groups is 1. The third kappa shape index (κ3) is 3.10. The molecule has 2 heterocycles. The monoisotopic (exact) mass is 323 g/mol. The first-order valence-corrected chi connectivity index (χ1v) is 9.46. The summed E-state index contributed by atoms with van der Waals surface area (Å²) in [4.78, 5) is 14.4. The molecule has 2 N–H and O–H groups in total. The van der Waals surface area contributed by atoms with Gasteiger partial charge >= 0.3 is 6.03 Å². The Morgan fingerprint density at radius 2 is 2.23 bits per heavy atom. The van der Waals surface area contributed by atoms with Gasteiger partial charge in [0.2, 0.25) is 0 Å². The highest BCUT2D eigenvalue weighted by atomic mass is 32.2. The molecule has 120 valence electrons. The van der Waals surface area contributed by atoms with Gasteiger partial charge in [0.1, 0.15) is 0 Å². The summed E-state index contributed by atoms with van der Waals surface area (Å²) in [5.41, 5.74) is 1.73. The van der Waals surface area contributed by atoms with Crippen LogP contribution in [0.2, 0.25) is 0 Å². The minimum Gasteiger partial charge on any atom is -0.334 e. The summed E-state index contributed by atoms with van der Waals surface area (Å²) in [7, 11) is -3.21. The maximum absolute atomic E-state index is 12.4. The number of hydrogen-bond acceptors (Lipinski definition) is 4. The van der Waals surface area contributed by atoms with Gasteiger partial charge in [-0.15, -0.1) is 0 Å². The Hall–Kier alpha value is -1.60. The van der Waals surface area contributed by atoms with Crippen molar-refractivity contribution < 1.29 is 13.2 Å². The fourth-order valence-corrected chi connectivity index (χ4v) is 3.72. The van der Waals surface area contributed by atoms with Gasteiger partial charge in [0.15, 0.2) is 9.84 Å². The van der Waals surface area contributed by atoms with E-state index in [1.54, 1.807) is 23.1 Å². The molecule has 22 heavy (non-hydrogen) atoms. The first-order valence-electron chi connectivity index (χ1n) is 7.57. The third-order valence-corrected chi connectivity index (χ3v) is 5.35.